The zero-order valence-electron chi connectivity index (χ0n) is 14.5. The molecule has 2 aromatic carbocycles. The van der Waals surface area contributed by atoms with Gasteiger partial charge in [-0.15, -0.1) is 10.2 Å². The highest BCUT2D eigenvalue weighted by Crippen LogP contribution is 2.36. The van der Waals surface area contributed by atoms with Crippen LogP contribution in [0.2, 0.25) is 0 Å². The van der Waals surface area contributed by atoms with Gasteiger partial charge in [0.15, 0.2) is 0 Å². The molecule has 0 radical (unpaired) electrons. The van der Waals surface area contributed by atoms with Gasteiger partial charge in [-0.05, 0) is 25.1 Å². The van der Waals surface area contributed by atoms with E-state index in [1.54, 1.807) is 12.1 Å². The molecule has 0 saturated carbocycles. The number of hydrogen-bond donors (Lipinski definition) is 1. The van der Waals surface area contributed by atoms with Gasteiger partial charge in [0.25, 0.3) is 5.91 Å². The number of amides is 1. The van der Waals surface area contributed by atoms with Gasteiger partial charge in [-0.25, -0.2) is 0 Å². The summed E-state index contributed by atoms with van der Waals surface area (Å²) in [7, 11) is 0. The van der Waals surface area contributed by atoms with E-state index in [0.717, 1.165) is 16.9 Å². The molecular formula is C18H11F6N3OS. The summed E-state index contributed by atoms with van der Waals surface area (Å²) in [6, 6.07) is 7.86. The number of nitrogens with zero attached hydrogens (tertiary/aromatic N) is 2. The van der Waals surface area contributed by atoms with E-state index in [-0.39, 0.29) is 11.2 Å². The molecule has 0 saturated heterocycles. The van der Waals surface area contributed by atoms with Crippen molar-refractivity contribution in [1.82, 2.24) is 10.2 Å². The molecule has 0 aliphatic heterocycles. The van der Waals surface area contributed by atoms with Crippen LogP contribution in [-0.2, 0) is 12.4 Å². The van der Waals surface area contributed by atoms with Crippen LogP contribution in [0.15, 0.2) is 42.5 Å². The smallest absolute Gasteiger partial charge is 0.296 e. The summed E-state index contributed by atoms with van der Waals surface area (Å²) in [5, 5.41) is 10.1. The molecular weight excluding hydrogens is 420 g/mol. The van der Waals surface area contributed by atoms with E-state index in [2.05, 4.69) is 15.5 Å². The molecule has 29 heavy (non-hydrogen) atoms. The average molecular weight is 431 g/mol. The molecule has 11 heteroatoms. The molecule has 1 amide bonds. The predicted molar refractivity (Wildman–Crippen MR) is 94.5 cm³/mol. The van der Waals surface area contributed by atoms with Crippen molar-refractivity contribution in [1.29, 1.82) is 0 Å². The molecule has 3 rings (SSSR count). The minimum atomic E-state index is -5.04. The van der Waals surface area contributed by atoms with Gasteiger partial charge in [0.05, 0.1) is 11.1 Å². The molecule has 1 aromatic heterocycles. The normalized spacial score (nSPS) is 12.1. The molecule has 152 valence electrons. The standard InChI is InChI=1S/C18H11F6N3OS/c1-9-2-4-10(5-3-9)15-26-27-16(29-15)25-14(28)11-6-12(17(19,20)21)8-13(7-11)18(22,23)24/h2-8H,1H3,(H,25,27,28). The van der Waals surface area contributed by atoms with Crippen molar-refractivity contribution in [2.45, 2.75) is 19.3 Å². The summed E-state index contributed by atoms with van der Waals surface area (Å²) in [5.74, 6) is -1.16. The molecule has 0 atom stereocenters. The van der Waals surface area contributed by atoms with Crippen LogP contribution < -0.4 is 5.32 Å². The number of nitrogens with one attached hydrogen (secondary N) is 1. The van der Waals surface area contributed by atoms with E-state index in [1.807, 2.05) is 19.1 Å². The molecule has 0 fully saturated rings. The van der Waals surface area contributed by atoms with E-state index >= 15 is 0 Å². The van der Waals surface area contributed by atoms with Crippen LogP contribution in [0.25, 0.3) is 10.6 Å². The van der Waals surface area contributed by atoms with Gasteiger partial charge in [-0.3, -0.25) is 10.1 Å². The number of anilines is 1. The molecule has 1 heterocycles. The minimum Gasteiger partial charge on any atom is -0.296 e. The highest BCUT2D eigenvalue weighted by atomic mass is 32.1. The third kappa shape index (κ3) is 4.91. The minimum absolute atomic E-state index is 0.0444. The van der Waals surface area contributed by atoms with Crippen molar-refractivity contribution >= 4 is 22.4 Å². The maximum absolute atomic E-state index is 12.9. The average Bonchev–Trinajstić information content (AvgIpc) is 3.09. The summed E-state index contributed by atoms with van der Waals surface area (Å²) in [5.41, 5.74) is -2.23. The first-order valence-electron chi connectivity index (χ1n) is 7.95. The SMILES string of the molecule is Cc1ccc(-c2nnc(NC(=O)c3cc(C(F)(F)F)cc(C(F)(F)F)c3)s2)cc1. The van der Waals surface area contributed by atoms with Crippen LogP contribution in [0.4, 0.5) is 31.5 Å². The molecule has 4 nitrogen and oxygen atoms in total. The summed E-state index contributed by atoms with van der Waals surface area (Å²) in [6.07, 6.45) is -10.1. The molecule has 0 unspecified atom stereocenters. The van der Waals surface area contributed by atoms with Gasteiger partial charge in [0.2, 0.25) is 5.13 Å². The number of rotatable bonds is 3. The third-order valence-electron chi connectivity index (χ3n) is 3.79. The van der Waals surface area contributed by atoms with Gasteiger partial charge in [0.1, 0.15) is 5.01 Å². The van der Waals surface area contributed by atoms with Crippen LogP contribution in [0.5, 0.6) is 0 Å². The summed E-state index contributed by atoms with van der Waals surface area (Å²) >= 11 is 0.936. The molecule has 0 aliphatic rings. The Kier molecular flexibility index (Phi) is 5.35. The second-order valence-electron chi connectivity index (χ2n) is 6.03. The van der Waals surface area contributed by atoms with Crippen molar-refractivity contribution in [3.63, 3.8) is 0 Å². The number of carbonyl (C=O) groups is 1. The summed E-state index contributed by atoms with van der Waals surface area (Å²) in [6.45, 7) is 1.89. The molecule has 3 aromatic rings. The van der Waals surface area contributed by atoms with Crippen molar-refractivity contribution in [2.75, 3.05) is 5.32 Å². The van der Waals surface area contributed by atoms with E-state index in [9.17, 15) is 31.1 Å². The monoisotopic (exact) mass is 431 g/mol. The Morgan fingerprint density at radius 2 is 1.45 bits per heavy atom. The lowest BCUT2D eigenvalue weighted by molar-refractivity contribution is -0.143. The second kappa shape index (κ2) is 7.47. The van der Waals surface area contributed by atoms with Crippen molar-refractivity contribution in [3.05, 3.63) is 64.7 Å². The van der Waals surface area contributed by atoms with Crippen LogP contribution in [0.3, 0.4) is 0 Å². The number of benzene rings is 2. The Balaban J connectivity index is 1.88. The van der Waals surface area contributed by atoms with Gasteiger partial charge in [0, 0.05) is 11.1 Å². The fraction of sp³-hybridized carbons (Fsp3) is 0.167. The lowest BCUT2D eigenvalue weighted by atomic mass is 10.0. The molecule has 0 spiro atoms. The van der Waals surface area contributed by atoms with Crippen LogP contribution in [0, 0.1) is 6.92 Å². The number of halogens is 6. The zero-order valence-corrected chi connectivity index (χ0v) is 15.3. The van der Waals surface area contributed by atoms with Crippen LogP contribution >= 0.6 is 11.3 Å². The molecule has 0 bridgehead atoms. The Labute approximate surface area is 164 Å². The number of hydrogen-bond acceptors (Lipinski definition) is 4. The fourth-order valence-electron chi connectivity index (χ4n) is 2.34. The molecule has 1 N–H and O–H groups in total. The predicted octanol–water partition coefficient (Wildman–Crippen LogP) is 5.80. The first kappa shape index (κ1) is 20.8. The maximum atomic E-state index is 12.9. The largest absolute Gasteiger partial charge is 0.416 e. The summed E-state index contributed by atoms with van der Waals surface area (Å²) < 4.78 is 77.6. The van der Waals surface area contributed by atoms with Crippen molar-refractivity contribution < 1.29 is 31.1 Å². The van der Waals surface area contributed by atoms with E-state index < -0.39 is 35.0 Å². The third-order valence-corrected chi connectivity index (χ3v) is 4.68. The van der Waals surface area contributed by atoms with Crippen molar-refractivity contribution in [3.8, 4) is 10.6 Å². The topological polar surface area (TPSA) is 54.9 Å². The Morgan fingerprint density at radius 1 is 0.897 bits per heavy atom. The zero-order chi connectivity index (χ0) is 21.4. The van der Waals surface area contributed by atoms with E-state index in [4.69, 9.17) is 0 Å². The Bertz CT molecular complexity index is 1010. The first-order valence-corrected chi connectivity index (χ1v) is 8.76. The van der Waals surface area contributed by atoms with Crippen molar-refractivity contribution in [2.24, 2.45) is 0 Å². The maximum Gasteiger partial charge on any atom is 0.416 e. The van der Waals surface area contributed by atoms with E-state index in [0.29, 0.717) is 22.7 Å². The van der Waals surface area contributed by atoms with E-state index in [1.165, 1.54) is 0 Å². The number of aryl methyl sites for hydroxylation is 1. The number of carbonyl (C=O) groups excluding carboxylic acids is 1. The van der Waals surface area contributed by atoms with Gasteiger partial charge >= 0.3 is 12.4 Å². The second-order valence-corrected chi connectivity index (χ2v) is 7.00. The molecule has 0 aliphatic carbocycles. The quantitative estimate of drug-likeness (QED) is 0.533. The van der Waals surface area contributed by atoms with Gasteiger partial charge < -0.3 is 0 Å². The Morgan fingerprint density at radius 3 is 1.97 bits per heavy atom. The Hall–Kier alpha value is -2.95. The highest BCUT2D eigenvalue weighted by Gasteiger charge is 2.37. The lowest BCUT2D eigenvalue weighted by Crippen LogP contribution is -2.17. The fourth-order valence-corrected chi connectivity index (χ4v) is 3.09. The first-order chi connectivity index (χ1) is 13.4. The lowest BCUT2D eigenvalue weighted by Gasteiger charge is -2.13. The number of alkyl halides is 6. The summed E-state index contributed by atoms with van der Waals surface area (Å²) in [4.78, 5) is 12.3. The van der Waals surface area contributed by atoms with Gasteiger partial charge in [-0.2, -0.15) is 26.3 Å². The van der Waals surface area contributed by atoms with Crippen LogP contribution in [-0.4, -0.2) is 16.1 Å². The number of aromatic nitrogens is 2. The van der Waals surface area contributed by atoms with Crippen LogP contribution in [0.1, 0.15) is 27.0 Å². The highest BCUT2D eigenvalue weighted by molar-refractivity contribution is 7.18. The van der Waals surface area contributed by atoms with Gasteiger partial charge in [-0.1, -0.05) is 41.2 Å².